The SMILES string of the molecule is CCCN(Cc1cccn1Cc1nc(C(=O)NC(Cc2ccccc2)c2ccccc2)cs1)C(=O)c1ccccc1F. The van der Waals surface area contributed by atoms with Crippen molar-refractivity contribution in [2.24, 2.45) is 0 Å². The van der Waals surface area contributed by atoms with Crippen molar-refractivity contribution in [1.29, 1.82) is 0 Å². The molecule has 6 nitrogen and oxygen atoms in total. The molecule has 5 rings (SSSR count). The predicted octanol–water partition coefficient (Wildman–Crippen LogP) is 6.90. The number of rotatable bonds is 12. The summed E-state index contributed by atoms with van der Waals surface area (Å²) < 4.78 is 16.4. The van der Waals surface area contributed by atoms with Crippen LogP contribution in [0.25, 0.3) is 0 Å². The number of hydrogen-bond donors (Lipinski definition) is 1. The number of hydrogen-bond acceptors (Lipinski definition) is 4. The van der Waals surface area contributed by atoms with Crippen LogP contribution in [0.2, 0.25) is 0 Å². The average molecular weight is 581 g/mol. The van der Waals surface area contributed by atoms with Gasteiger partial charge in [-0.3, -0.25) is 9.59 Å². The summed E-state index contributed by atoms with van der Waals surface area (Å²) in [5, 5.41) is 5.74. The predicted molar refractivity (Wildman–Crippen MR) is 164 cm³/mol. The van der Waals surface area contributed by atoms with E-state index in [1.54, 1.807) is 22.4 Å². The number of thiazole rings is 1. The molecule has 8 heteroatoms. The molecule has 0 aliphatic carbocycles. The molecular formula is C34H33FN4O2S. The number of benzene rings is 3. The lowest BCUT2D eigenvalue weighted by Crippen LogP contribution is -2.32. The molecule has 0 aliphatic rings. The highest BCUT2D eigenvalue weighted by Crippen LogP contribution is 2.21. The molecule has 2 aromatic heterocycles. The highest BCUT2D eigenvalue weighted by molar-refractivity contribution is 7.09. The molecule has 2 heterocycles. The first-order chi connectivity index (χ1) is 20.5. The Labute approximate surface area is 249 Å². The first-order valence-corrected chi connectivity index (χ1v) is 14.9. The molecule has 42 heavy (non-hydrogen) atoms. The minimum absolute atomic E-state index is 0.0701. The Morgan fingerprint density at radius 1 is 0.952 bits per heavy atom. The second-order valence-electron chi connectivity index (χ2n) is 10.1. The van der Waals surface area contributed by atoms with E-state index in [-0.39, 0.29) is 23.4 Å². The minimum Gasteiger partial charge on any atom is -0.344 e. The Hall–Kier alpha value is -4.56. The van der Waals surface area contributed by atoms with E-state index < -0.39 is 5.82 Å². The van der Waals surface area contributed by atoms with E-state index in [0.29, 0.717) is 31.7 Å². The van der Waals surface area contributed by atoms with Crippen molar-refractivity contribution in [3.05, 3.63) is 148 Å². The molecule has 0 spiro atoms. The van der Waals surface area contributed by atoms with Crippen molar-refractivity contribution in [2.75, 3.05) is 6.54 Å². The van der Waals surface area contributed by atoms with Gasteiger partial charge in [0.05, 0.1) is 24.7 Å². The number of nitrogens with zero attached hydrogens (tertiary/aromatic N) is 3. The van der Waals surface area contributed by atoms with E-state index in [1.165, 1.54) is 23.5 Å². The fourth-order valence-corrected chi connectivity index (χ4v) is 5.70. The highest BCUT2D eigenvalue weighted by atomic mass is 32.1. The Kier molecular flexibility index (Phi) is 9.56. The first kappa shape index (κ1) is 29.0. The summed E-state index contributed by atoms with van der Waals surface area (Å²) in [7, 11) is 0. The zero-order chi connectivity index (χ0) is 29.3. The molecule has 5 aromatic rings. The summed E-state index contributed by atoms with van der Waals surface area (Å²) >= 11 is 1.42. The van der Waals surface area contributed by atoms with E-state index in [0.717, 1.165) is 28.2 Å². The van der Waals surface area contributed by atoms with Gasteiger partial charge in [0.15, 0.2) is 0 Å². The molecule has 2 amide bonds. The number of amides is 2. The van der Waals surface area contributed by atoms with E-state index in [1.807, 2.05) is 78.4 Å². The number of nitrogens with one attached hydrogen (secondary N) is 1. The second kappa shape index (κ2) is 13.9. The third-order valence-corrected chi connectivity index (χ3v) is 7.87. The van der Waals surface area contributed by atoms with Gasteiger partial charge in [-0.2, -0.15) is 0 Å². The lowest BCUT2D eigenvalue weighted by Gasteiger charge is -2.23. The first-order valence-electron chi connectivity index (χ1n) is 14.0. The van der Waals surface area contributed by atoms with Crippen LogP contribution in [-0.2, 0) is 19.5 Å². The van der Waals surface area contributed by atoms with Crippen LogP contribution >= 0.6 is 11.3 Å². The minimum atomic E-state index is -0.522. The van der Waals surface area contributed by atoms with Gasteiger partial charge in [0.1, 0.15) is 16.5 Å². The van der Waals surface area contributed by atoms with Crippen LogP contribution in [0.4, 0.5) is 4.39 Å². The topological polar surface area (TPSA) is 67.2 Å². The van der Waals surface area contributed by atoms with Crippen molar-refractivity contribution in [3.8, 4) is 0 Å². The highest BCUT2D eigenvalue weighted by Gasteiger charge is 2.21. The van der Waals surface area contributed by atoms with Crippen LogP contribution in [0.1, 0.15) is 62.1 Å². The van der Waals surface area contributed by atoms with E-state index in [2.05, 4.69) is 22.4 Å². The van der Waals surface area contributed by atoms with Gasteiger partial charge in [-0.05, 0) is 48.2 Å². The number of carbonyl (C=O) groups is 2. The van der Waals surface area contributed by atoms with Gasteiger partial charge in [0.25, 0.3) is 11.8 Å². The summed E-state index contributed by atoms with van der Waals surface area (Å²) in [5.74, 6) is -1.08. The summed E-state index contributed by atoms with van der Waals surface area (Å²) in [6.45, 7) is 3.29. The van der Waals surface area contributed by atoms with E-state index >= 15 is 0 Å². The van der Waals surface area contributed by atoms with Crippen molar-refractivity contribution in [1.82, 2.24) is 19.8 Å². The number of carbonyl (C=O) groups excluding carboxylic acids is 2. The molecule has 0 aliphatic heterocycles. The Morgan fingerprint density at radius 2 is 1.67 bits per heavy atom. The van der Waals surface area contributed by atoms with Gasteiger partial charge >= 0.3 is 0 Å². The molecule has 3 aromatic carbocycles. The Balaban J connectivity index is 1.28. The molecule has 0 fully saturated rings. The molecule has 0 radical (unpaired) electrons. The number of aromatic nitrogens is 2. The van der Waals surface area contributed by atoms with Crippen LogP contribution in [0.5, 0.6) is 0 Å². The van der Waals surface area contributed by atoms with Crippen molar-refractivity contribution in [3.63, 3.8) is 0 Å². The van der Waals surface area contributed by atoms with Gasteiger partial charge in [0, 0.05) is 23.8 Å². The van der Waals surface area contributed by atoms with E-state index in [4.69, 9.17) is 0 Å². The van der Waals surface area contributed by atoms with Crippen LogP contribution < -0.4 is 5.32 Å². The maximum atomic E-state index is 14.3. The van der Waals surface area contributed by atoms with Gasteiger partial charge in [-0.1, -0.05) is 79.7 Å². The average Bonchev–Trinajstić information content (AvgIpc) is 3.67. The Morgan fingerprint density at radius 3 is 2.40 bits per heavy atom. The lowest BCUT2D eigenvalue weighted by molar-refractivity contribution is 0.0734. The van der Waals surface area contributed by atoms with Gasteiger partial charge in [0.2, 0.25) is 0 Å². The van der Waals surface area contributed by atoms with Crippen molar-refractivity contribution in [2.45, 2.75) is 38.9 Å². The molecule has 1 unspecified atom stereocenters. The fourth-order valence-electron chi connectivity index (χ4n) is 4.92. The smallest absolute Gasteiger partial charge is 0.271 e. The molecule has 0 saturated carbocycles. The second-order valence-corrected chi connectivity index (χ2v) is 11.0. The van der Waals surface area contributed by atoms with Crippen molar-refractivity contribution >= 4 is 23.2 Å². The quantitative estimate of drug-likeness (QED) is 0.175. The van der Waals surface area contributed by atoms with Crippen LogP contribution in [0.15, 0.2) is 109 Å². The van der Waals surface area contributed by atoms with Gasteiger partial charge < -0.3 is 14.8 Å². The summed E-state index contributed by atoms with van der Waals surface area (Å²) in [5.41, 5.74) is 3.52. The summed E-state index contributed by atoms with van der Waals surface area (Å²) in [6.07, 6.45) is 3.35. The fraction of sp³-hybridized carbons (Fsp3) is 0.206. The summed E-state index contributed by atoms with van der Waals surface area (Å²) in [6, 6.07) is 29.8. The molecule has 1 atom stereocenters. The Bertz CT molecular complexity index is 1620. The zero-order valence-corrected chi connectivity index (χ0v) is 24.3. The zero-order valence-electron chi connectivity index (χ0n) is 23.4. The third-order valence-electron chi connectivity index (χ3n) is 7.04. The molecule has 0 bridgehead atoms. The normalized spacial score (nSPS) is 11.7. The standard InChI is InChI=1S/C34H33FN4O2S/c1-2-19-39(34(41)28-17-9-10-18-29(28)35)22-27-16-11-20-38(27)23-32-36-31(24-42-32)33(40)37-30(26-14-7-4-8-15-26)21-25-12-5-3-6-13-25/h3-18,20,24,30H,2,19,21-23H2,1H3,(H,37,40). The largest absolute Gasteiger partial charge is 0.344 e. The lowest BCUT2D eigenvalue weighted by atomic mass is 9.99. The van der Waals surface area contributed by atoms with Crippen LogP contribution in [-0.4, -0.2) is 32.8 Å². The van der Waals surface area contributed by atoms with Crippen molar-refractivity contribution < 1.29 is 14.0 Å². The van der Waals surface area contributed by atoms with Crippen LogP contribution in [0.3, 0.4) is 0 Å². The summed E-state index contributed by atoms with van der Waals surface area (Å²) in [4.78, 5) is 32.8. The molecule has 1 N–H and O–H groups in total. The molecule has 0 saturated heterocycles. The monoisotopic (exact) mass is 580 g/mol. The third kappa shape index (κ3) is 7.19. The van der Waals surface area contributed by atoms with Crippen LogP contribution in [0, 0.1) is 5.82 Å². The number of halogens is 1. The molecule has 214 valence electrons. The maximum absolute atomic E-state index is 14.3. The molecular weight excluding hydrogens is 547 g/mol. The van der Waals surface area contributed by atoms with Gasteiger partial charge in [-0.15, -0.1) is 11.3 Å². The van der Waals surface area contributed by atoms with Gasteiger partial charge in [-0.25, -0.2) is 9.37 Å². The van der Waals surface area contributed by atoms with E-state index in [9.17, 15) is 14.0 Å². The maximum Gasteiger partial charge on any atom is 0.271 e.